The number of carbonyl (C=O) groups excluding carboxylic acids is 1. The van der Waals surface area contributed by atoms with Crippen molar-refractivity contribution in [2.75, 3.05) is 6.61 Å². The number of ether oxygens (including phenoxy) is 1. The highest BCUT2D eigenvalue weighted by Gasteiger charge is 2.20. The van der Waals surface area contributed by atoms with Crippen molar-refractivity contribution in [2.24, 2.45) is 16.4 Å². The zero-order valence-electron chi connectivity index (χ0n) is 12.7. The first kappa shape index (κ1) is 17.1. The molecule has 0 aliphatic heterocycles. The van der Waals surface area contributed by atoms with Crippen LogP contribution in [0.5, 0.6) is 0 Å². The van der Waals surface area contributed by atoms with Crippen LogP contribution in [0.15, 0.2) is 5.10 Å². The van der Waals surface area contributed by atoms with E-state index in [9.17, 15) is 4.79 Å². The maximum atomic E-state index is 11.7. The molecule has 106 valence electrons. The summed E-state index contributed by atoms with van der Waals surface area (Å²) in [5.74, 6) is 5.60. The first-order valence-corrected chi connectivity index (χ1v) is 6.49. The first-order chi connectivity index (χ1) is 8.06. The smallest absolute Gasteiger partial charge is 0.138 e. The average Bonchev–Trinajstić information content (AvgIpc) is 2.19. The van der Waals surface area contributed by atoms with E-state index >= 15 is 0 Å². The highest BCUT2D eigenvalue weighted by molar-refractivity contribution is 5.87. The number of hydrogen-bond donors (Lipinski definition) is 1. The fourth-order valence-corrected chi connectivity index (χ4v) is 1.30. The van der Waals surface area contributed by atoms with Crippen LogP contribution in [-0.4, -0.2) is 23.7 Å². The van der Waals surface area contributed by atoms with E-state index in [1.54, 1.807) is 0 Å². The second-order valence-corrected chi connectivity index (χ2v) is 6.62. The van der Waals surface area contributed by atoms with Gasteiger partial charge in [-0.25, -0.2) is 0 Å². The van der Waals surface area contributed by atoms with E-state index in [-0.39, 0.29) is 16.8 Å². The molecule has 0 fully saturated rings. The Labute approximate surface area is 111 Å². The van der Waals surface area contributed by atoms with Crippen molar-refractivity contribution in [2.45, 2.75) is 66.4 Å². The summed E-state index contributed by atoms with van der Waals surface area (Å²) in [6.45, 7) is 12.2. The Hall–Kier alpha value is -0.900. The van der Waals surface area contributed by atoms with Gasteiger partial charge in [0.05, 0.1) is 17.9 Å². The molecule has 0 rings (SSSR count). The molecule has 0 atom stereocenters. The van der Waals surface area contributed by atoms with Gasteiger partial charge in [-0.1, -0.05) is 20.8 Å². The molecular weight excluding hydrogens is 228 g/mol. The zero-order chi connectivity index (χ0) is 14.4. The molecule has 0 aromatic rings. The van der Waals surface area contributed by atoms with Crippen LogP contribution < -0.4 is 5.84 Å². The summed E-state index contributed by atoms with van der Waals surface area (Å²) in [5.41, 5.74) is 0.352. The van der Waals surface area contributed by atoms with Crippen LogP contribution in [0, 0.1) is 5.41 Å². The topological polar surface area (TPSA) is 64.7 Å². The highest BCUT2D eigenvalue weighted by Crippen LogP contribution is 2.18. The van der Waals surface area contributed by atoms with Crippen molar-refractivity contribution >= 4 is 11.5 Å². The molecule has 0 aliphatic carbocycles. The van der Waals surface area contributed by atoms with E-state index in [1.807, 2.05) is 41.5 Å². The first-order valence-electron chi connectivity index (χ1n) is 6.49. The van der Waals surface area contributed by atoms with Gasteiger partial charge in [0.25, 0.3) is 0 Å². The molecule has 2 N–H and O–H groups in total. The maximum absolute atomic E-state index is 11.7. The molecule has 0 aliphatic rings. The normalized spacial score (nSPS) is 13.8. The number of ketones is 1. The van der Waals surface area contributed by atoms with Crippen LogP contribution in [0.2, 0.25) is 0 Å². The summed E-state index contributed by atoms with van der Waals surface area (Å²) in [7, 11) is 0. The monoisotopic (exact) mass is 256 g/mol. The highest BCUT2D eigenvalue weighted by atomic mass is 16.5. The number of nitrogens with zero attached hydrogens (tertiary/aromatic N) is 1. The molecule has 0 unspecified atom stereocenters. The zero-order valence-corrected chi connectivity index (χ0v) is 12.7. The van der Waals surface area contributed by atoms with Gasteiger partial charge in [0.1, 0.15) is 5.78 Å². The molecule has 0 aromatic carbocycles. The minimum Gasteiger partial charge on any atom is -0.370 e. The fourth-order valence-electron chi connectivity index (χ4n) is 1.30. The average molecular weight is 256 g/mol. The van der Waals surface area contributed by atoms with E-state index in [0.717, 1.165) is 12.1 Å². The number of rotatable bonds is 6. The minimum atomic E-state index is -0.262. The Kier molecular flexibility index (Phi) is 6.54. The van der Waals surface area contributed by atoms with Gasteiger partial charge in [-0.3, -0.25) is 4.79 Å². The van der Waals surface area contributed by atoms with Crippen LogP contribution in [0.4, 0.5) is 0 Å². The fraction of sp³-hybridized carbons (Fsp3) is 0.857. The number of carbonyl (C=O) groups is 1. The standard InChI is InChI=1S/C14H28N2O2/c1-13(2,3)12(17)9-7-8-11(16-15)10-18-14(4,5)6/h7-10,15H2,1-6H3/b16-11-. The van der Waals surface area contributed by atoms with Crippen molar-refractivity contribution in [3.05, 3.63) is 0 Å². The molecule has 0 radical (unpaired) electrons. The quantitative estimate of drug-likeness (QED) is 0.451. The molecular formula is C14H28N2O2. The molecule has 0 amide bonds. The van der Waals surface area contributed by atoms with Gasteiger partial charge in [-0.05, 0) is 33.6 Å². The lowest BCUT2D eigenvalue weighted by Crippen LogP contribution is -2.25. The third-order valence-electron chi connectivity index (χ3n) is 2.56. The summed E-state index contributed by atoms with van der Waals surface area (Å²) < 4.78 is 5.61. The number of Topliss-reactive ketones (excluding diaryl/α,β-unsaturated/α-hetero) is 1. The van der Waals surface area contributed by atoms with Crippen LogP contribution in [0.25, 0.3) is 0 Å². The molecule has 0 saturated carbocycles. The molecule has 4 nitrogen and oxygen atoms in total. The Morgan fingerprint density at radius 1 is 1.11 bits per heavy atom. The van der Waals surface area contributed by atoms with Crippen LogP contribution in [0.3, 0.4) is 0 Å². The summed E-state index contributed by atoms with van der Waals surface area (Å²) in [6.07, 6.45) is 2.06. The van der Waals surface area contributed by atoms with Crippen LogP contribution in [-0.2, 0) is 9.53 Å². The predicted octanol–water partition coefficient (Wildman–Crippen LogP) is 2.90. The Bertz CT molecular complexity index is 296. The van der Waals surface area contributed by atoms with E-state index in [2.05, 4.69) is 5.10 Å². The SMILES string of the molecule is CC(C)(C)OC/C(CCCC(=O)C(C)(C)C)=N\N. The maximum Gasteiger partial charge on any atom is 0.138 e. The third kappa shape index (κ3) is 8.23. The molecule has 0 bridgehead atoms. The Morgan fingerprint density at radius 3 is 2.06 bits per heavy atom. The molecule has 0 aromatic heterocycles. The van der Waals surface area contributed by atoms with Gasteiger partial charge in [-0.15, -0.1) is 0 Å². The predicted molar refractivity (Wildman–Crippen MR) is 75.6 cm³/mol. The van der Waals surface area contributed by atoms with Gasteiger partial charge in [0.15, 0.2) is 0 Å². The van der Waals surface area contributed by atoms with Gasteiger partial charge in [0, 0.05) is 11.8 Å². The lowest BCUT2D eigenvalue weighted by Gasteiger charge is -2.20. The Morgan fingerprint density at radius 2 is 1.67 bits per heavy atom. The molecule has 4 heteroatoms. The lowest BCUT2D eigenvalue weighted by atomic mass is 9.88. The minimum absolute atomic E-state index is 0.197. The van der Waals surface area contributed by atoms with Crippen molar-refractivity contribution in [3.8, 4) is 0 Å². The largest absolute Gasteiger partial charge is 0.370 e. The second kappa shape index (κ2) is 6.88. The lowest BCUT2D eigenvalue weighted by molar-refractivity contribution is -0.126. The van der Waals surface area contributed by atoms with E-state index < -0.39 is 0 Å². The summed E-state index contributed by atoms with van der Waals surface area (Å²) in [4.78, 5) is 11.7. The second-order valence-electron chi connectivity index (χ2n) is 6.62. The number of nitrogens with two attached hydrogens (primary N) is 1. The van der Waals surface area contributed by atoms with E-state index in [4.69, 9.17) is 10.6 Å². The summed E-state index contributed by atoms with van der Waals surface area (Å²) in [6, 6.07) is 0. The molecule has 0 heterocycles. The summed E-state index contributed by atoms with van der Waals surface area (Å²) in [5, 5.41) is 3.73. The number of hydrogen-bond acceptors (Lipinski definition) is 4. The van der Waals surface area contributed by atoms with Gasteiger partial charge in [0.2, 0.25) is 0 Å². The third-order valence-corrected chi connectivity index (χ3v) is 2.56. The van der Waals surface area contributed by atoms with Crippen LogP contribution in [0.1, 0.15) is 60.8 Å². The summed E-state index contributed by atoms with van der Waals surface area (Å²) >= 11 is 0. The van der Waals surface area contributed by atoms with Crippen LogP contribution >= 0.6 is 0 Å². The van der Waals surface area contributed by atoms with E-state index in [0.29, 0.717) is 19.4 Å². The van der Waals surface area contributed by atoms with Gasteiger partial charge >= 0.3 is 0 Å². The van der Waals surface area contributed by atoms with Crippen molar-refractivity contribution in [1.82, 2.24) is 0 Å². The van der Waals surface area contributed by atoms with Gasteiger partial charge in [-0.2, -0.15) is 5.10 Å². The Balaban J connectivity index is 4.01. The van der Waals surface area contributed by atoms with Gasteiger partial charge < -0.3 is 10.6 Å². The van der Waals surface area contributed by atoms with Crippen molar-refractivity contribution < 1.29 is 9.53 Å². The molecule has 18 heavy (non-hydrogen) atoms. The van der Waals surface area contributed by atoms with Crippen molar-refractivity contribution in [3.63, 3.8) is 0 Å². The van der Waals surface area contributed by atoms with Crippen molar-refractivity contribution in [1.29, 1.82) is 0 Å². The van der Waals surface area contributed by atoms with E-state index in [1.165, 1.54) is 0 Å². The number of hydrazone groups is 1. The molecule has 0 spiro atoms. The molecule has 0 saturated heterocycles.